The standard InChI is InChI=1S/C20H33N5O6/c1-12(2)11-15(16(26)23-25-19(29)21-18(28)22-20(25)30)14(17(27)24-31)10-6-9-13-7-4-3-5-8-13/h12-15,31H,3-11H2,1-2H3,(H,23,26)(H,24,27)(H2,21,22,28,29,30)/t14-,15+/m0/s1. The number of hydrogen-bond acceptors (Lipinski definition) is 6. The summed E-state index contributed by atoms with van der Waals surface area (Å²) in [4.78, 5) is 64.1. The van der Waals surface area contributed by atoms with Crippen LogP contribution in [0, 0.1) is 23.7 Å². The van der Waals surface area contributed by atoms with Crippen molar-refractivity contribution in [2.45, 2.75) is 71.6 Å². The highest BCUT2D eigenvalue weighted by Gasteiger charge is 2.34. The van der Waals surface area contributed by atoms with Gasteiger partial charge in [-0.2, -0.15) is 0 Å². The molecule has 0 saturated heterocycles. The molecule has 1 heterocycles. The van der Waals surface area contributed by atoms with Crippen LogP contribution in [0.4, 0.5) is 0 Å². The van der Waals surface area contributed by atoms with E-state index >= 15 is 0 Å². The first-order valence-corrected chi connectivity index (χ1v) is 10.9. The molecule has 2 amide bonds. The summed E-state index contributed by atoms with van der Waals surface area (Å²) in [5.74, 6) is -2.44. The summed E-state index contributed by atoms with van der Waals surface area (Å²) in [6.45, 7) is 3.77. The first-order valence-electron chi connectivity index (χ1n) is 10.9. The molecule has 174 valence electrons. The van der Waals surface area contributed by atoms with Crippen LogP contribution in [0.3, 0.4) is 0 Å². The fourth-order valence-electron chi connectivity index (χ4n) is 4.39. The fraction of sp³-hybridized carbons (Fsp3) is 0.750. The number of amides is 2. The minimum absolute atomic E-state index is 0.0358. The van der Waals surface area contributed by atoms with Crippen LogP contribution in [0.25, 0.3) is 0 Å². The van der Waals surface area contributed by atoms with Crippen LogP contribution in [0.2, 0.25) is 0 Å². The fourth-order valence-corrected chi connectivity index (χ4v) is 4.39. The minimum atomic E-state index is -1.09. The number of rotatable bonds is 10. The van der Waals surface area contributed by atoms with E-state index < -0.39 is 40.7 Å². The second kappa shape index (κ2) is 11.6. The highest BCUT2D eigenvalue weighted by molar-refractivity contribution is 5.91. The van der Waals surface area contributed by atoms with Crippen LogP contribution < -0.4 is 28.0 Å². The Morgan fingerprint density at radius 1 is 1.03 bits per heavy atom. The summed E-state index contributed by atoms with van der Waals surface area (Å²) in [6, 6.07) is 0. The van der Waals surface area contributed by atoms with E-state index in [2.05, 4.69) is 5.43 Å². The van der Waals surface area contributed by atoms with Gasteiger partial charge in [-0.3, -0.25) is 30.2 Å². The molecule has 0 bridgehead atoms. The number of H-pyrrole nitrogens is 2. The zero-order chi connectivity index (χ0) is 23.0. The van der Waals surface area contributed by atoms with Crippen molar-refractivity contribution >= 4 is 11.8 Å². The molecule has 0 spiro atoms. The molecule has 1 aromatic rings. The van der Waals surface area contributed by atoms with Gasteiger partial charge in [0.05, 0.1) is 11.8 Å². The number of aromatic amines is 2. The van der Waals surface area contributed by atoms with E-state index in [-0.39, 0.29) is 5.92 Å². The third-order valence-corrected chi connectivity index (χ3v) is 5.92. The van der Waals surface area contributed by atoms with Gasteiger partial charge in [0.15, 0.2) is 0 Å². The highest BCUT2D eigenvalue weighted by Crippen LogP contribution is 2.31. The van der Waals surface area contributed by atoms with E-state index in [0.717, 1.165) is 12.8 Å². The van der Waals surface area contributed by atoms with E-state index in [1.165, 1.54) is 32.1 Å². The van der Waals surface area contributed by atoms with Crippen molar-refractivity contribution in [2.24, 2.45) is 23.7 Å². The lowest BCUT2D eigenvalue weighted by molar-refractivity contribution is -0.139. The molecule has 11 nitrogen and oxygen atoms in total. The third-order valence-electron chi connectivity index (χ3n) is 5.92. The van der Waals surface area contributed by atoms with Crippen LogP contribution in [0.5, 0.6) is 0 Å². The van der Waals surface area contributed by atoms with Gasteiger partial charge in [0.2, 0.25) is 11.8 Å². The largest absolute Gasteiger partial charge is 0.353 e. The number of hydroxylamine groups is 1. The minimum Gasteiger partial charge on any atom is -0.289 e. The van der Waals surface area contributed by atoms with Crippen LogP contribution in [-0.2, 0) is 9.59 Å². The third kappa shape index (κ3) is 7.20. The number of hydrogen-bond donors (Lipinski definition) is 5. The Morgan fingerprint density at radius 2 is 1.65 bits per heavy atom. The Hall–Kier alpha value is -2.69. The van der Waals surface area contributed by atoms with Gasteiger partial charge in [-0.25, -0.2) is 19.9 Å². The first-order chi connectivity index (χ1) is 14.7. The van der Waals surface area contributed by atoms with Gasteiger partial charge >= 0.3 is 17.1 Å². The second-order valence-electron chi connectivity index (χ2n) is 8.75. The topological polar surface area (TPSA) is 166 Å². The van der Waals surface area contributed by atoms with E-state index in [9.17, 15) is 29.2 Å². The Morgan fingerprint density at radius 3 is 2.19 bits per heavy atom. The molecule has 2 atom stereocenters. The van der Waals surface area contributed by atoms with Crippen LogP contribution >= 0.6 is 0 Å². The van der Waals surface area contributed by atoms with Crippen LogP contribution in [0.1, 0.15) is 71.6 Å². The molecule has 0 aromatic carbocycles. The van der Waals surface area contributed by atoms with Crippen molar-refractivity contribution < 1.29 is 14.8 Å². The average Bonchev–Trinajstić information content (AvgIpc) is 2.72. The van der Waals surface area contributed by atoms with Crippen LogP contribution in [-0.4, -0.2) is 31.7 Å². The first kappa shape index (κ1) is 24.6. The van der Waals surface area contributed by atoms with Gasteiger partial charge in [-0.05, 0) is 24.7 Å². The van der Waals surface area contributed by atoms with Gasteiger partial charge in [-0.15, -0.1) is 4.68 Å². The summed E-state index contributed by atoms with van der Waals surface area (Å²) >= 11 is 0. The number of carbonyl (C=O) groups excluding carboxylic acids is 2. The molecule has 1 saturated carbocycles. The number of nitrogens with zero attached hydrogens (tertiary/aromatic N) is 1. The summed E-state index contributed by atoms with van der Waals surface area (Å²) in [5, 5.41) is 9.25. The Balaban J connectivity index is 2.18. The van der Waals surface area contributed by atoms with E-state index in [1.54, 1.807) is 5.48 Å². The van der Waals surface area contributed by atoms with Crippen molar-refractivity contribution in [3.8, 4) is 0 Å². The van der Waals surface area contributed by atoms with Gasteiger partial charge in [0.1, 0.15) is 0 Å². The maximum Gasteiger partial charge on any atom is 0.353 e. The number of aromatic nitrogens is 3. The summed E-state index contributed by atoms with van der Waals surface area (Å²) in [7, 11) is 0. The molecule has 2 rings (SSSR count). The van der Waals surface area contributed by atoms with Crippen molar-refractivity contribution in [3.05, 3.63) is 31.5 Å². The van der Waals surface area contributed by atoms with Crippen molar-refractivity contribution in [1.29, 1.82) is 0 Å². The summed E-state index contributed by atoms with van der Waals surface area (Å²) in [6.07, 6.45) is 8.40. The number of nitrogens with one attached hydrogen (secondary N) is 4. The zero-order valence-electron chi connectivity index (χ0n) is 18.1. The number of carbonyl (C=O) groups is 2. The molecule has 5 N–H and O–H groups in total. The van der Waals surface area contributed by atoms with Crippen LogP contribution in [0.15, 0.2) is 14.4 Å². The molecule has 0 radical (unpaired) electrons. The van der Waals surface area contributed by atoms with E-state index in [4.69, 9.17) is 0 Å². The second-order valence-corrected chi connectivity index (χ2v) is 8.75. The lowest BCUT2D eigenvalue weighted by Gasteiger charge is -2.27. The monoisotopic (exact) mass is 439 g/mol. The predicted octanol–water partition coefficient (Wildman–Crippen LogP) is 0.829. The molecule has 1 aliphatic rings. The van der Waals surface area contributed by atoms with Gasteiger partial charge in [0.25, 0.3) is 0 Å². The summed E-state index contributed by atoms with van der Waals surface area (Å²) in [5.41, 5.74) is 0.683. The molecule has 1 aromatic heterocycles. The molecule has 1 aliphatic carbocycles. The van der Waals surface area contributed by atoms with Crippen molar-refractivity contribution in [1.82, 2.24) is 20.1 Å². The normalized spacial score (nSPS) is 16.6. The molecular weight excluding hydrogens is 406 g/mol. The average molecular weight is 440 g/mol. The zero-order valence-corrected chi connectivity index (χ0v) is 18.1. The quantitative estimate of drug-likeness (QED) is 0.267. The molecule has 1 fully saturated rings. The molecule has 0 unspecified atom stereocenters. The maximum absolute atomic E-state index is 13.0. The molecular formula is C20H33N5O6. The predicted molar refractivity (Wildman–Crippen MR) is 113 cm³/mol. The lowest BCUT2D eigenvalue weighted by atomic mass is 9.79. The van der Waals surface area contributed by atoms with Gasteiger partial charge in [0, 0.05) is 0 Å². The van der Waals surface area contributed by atoms with Gasteiger partial charge in [-0.1, -0.05) is 58.8 Å². The van der Waals surface area contributed by atoms with E-state index in [1.807, 2.05) is 23.8 Å². The van der Waals surface area contributed by atoms with Crippen molar-refractivity contribution in [2.75, 3.05) is 5.43 Å². The summed E-state index contributed by atoms with van der Waals surface area (Å²) < 4.78 is 0.368. The Labute approximate surface area is 179 Å². The lowest BCUT2D eigenvalue weighted by Crippen LogP contribution is -2.51. The molecule has 0 aliphatic heterocycles. The maximum atomic E-state index is 13.0. The highest BCUT2D eigenvalue weighted by atomic mass is 16.5. The molecule has 11 heteroatoms. The van der Waals surface area contributed by atoms with Crippen molar-refractivity contribution in [3.63, 3.8) is 0 Å². The smallest absolute Gasteiger partial charge is 0.289 e. The Kier molecular flexibility index (Phi) is 9.22. The molecule has 31 heavy (non-hydrogen) atoms. The van der Waals surface area contributed by atoms with Gasteiger partial charge < -0.3 is 0 Å². The Bertz CT molecular complexity index is 877. The van der Waals surface area contributed by atoms with E-state index in [0.29, 0.717) is 23.4 Å². The SMILES string of the molecule is CC(C)C[C@@H](C(=O)Nn1c(=O)[nH]c(=O)[nH]c1=O)[C@H](CCCC1CCCCC1)C(=O)NO.